The number of pyridine rings is 4. The van der Waals surface area contributed by atoms with E-state index in [-0.39, 0.29) is 157 Å². The van der Waals surface area contributed by atoms with E-state index in [1.807, 2.05) is 12.1 Å². The monoisotopic (exact) mass is 1460 g/mol. The van der Waals surface area contributed by atoms with Gasteiger partial charge < -0.3 is 78.8 Å². The summed E-state index contributed by atoms with van der Waals surface area (Å²) in [6.07, 6.45) is -1.01. The van der Waals surface area contributed by atoms with Gasteiger partial charge >= 0.3 is 28.3 Å². The van der Waals surface area contributed by atoms with E-state index in [1.54, 1.807) is 130 Å². The van der Waals surface area contributed by atoms with Gasteiger partial charge in [0, 0.05) is 45.8 Å². The maximum Gasteiger partial charge on any atom is 0.407 e. The van der Waals surface area contributed by atoms with Crippen LogP contribution in [-0.2, 0) is 40.7 Å². The van der Waals surface area contributed by atoms with Crippen molar-refractivity contribution in [1.29, 1.82) is 0 Å². The number of carbonyl (C=O) groups excluding carboxylic acids is 6. The highest BCUT2D eigenvalue weighted by Gasteiger charge is 2.34. The first-order valence-electron chi connectivity index (χ1n) is 34.1. The average molecular weight is 1460 g/mol. The molecule has 0 aliphatic heterocycles. The van der Waals surface area contributed by atoms with Crippen LogP contribution in [0.1, 0.15) is 111 Å². The van der Waals surface area contributed by atoms with E-state index in [9.17, 15) is 33.6 Å². The van der Waals surface area contributed by atoms with Crippen molar-refractivity contribution in [3.8, 4) is 23.0 Å². The number of alkyl carbamates (subject to hydrolysis) is 1. The van der Waals surface area contributed by atoms with Crippen molar-refractivity contribution in [2.24, 2.45) is 0 Å². The van der Waals surface area contributed by atoms with Gasteiger partial charge in [-0.05, 0) is 117 Å². The normalized spacial score (nSPS) is 11.2. The number of benzene rings is 4. The predicted molar refractivity (Wildman–Crippen MR) is 388 cm³/mol. The average Bonchev–Trinajstić information content (AvgIpc) is 0.915. The number of nitrogens with zero attached hydrogens (tertiary/aromatic N) is 6. The SMILES string of the molecule is COc1ccc(C(=O)NCCCN(CCCC(C(=O)NCCOCCNC(=O)OC(C)(C)C)N(CCCNC(=O)c2ccc(OC)c(=O)n2OCc2ccccc2)C(=O)c2ccc(OC)c(=O)n2OCc2ccccc2)C(=O)c2ccc(OC)c(=O)n2OCc2ccccc2)n(OCc2ccccc2)c1=O. The number of nitrogens with one attached hydrogen (secondary N) is 4. The Bertz CT molecular complexity index is 4490. The van der Waals surface area contributed by atoms with Gasteiger partial charge in [-0.25, -0.2) is 4.79 Å². The van der Waals surface area contributed by atoms with Crippen LogP contribution in [0.2, 0.25) is 0 Å². The second kappa shape index (κ2) is 39.9. The number of ether oxygens (including phenoxy) is 6. The maximum atomic E-state index is 15.8. The number of methoxy groups -OCH3 is 4. The molecule has 1 atom stereocenters. The molecular weight excluding hydrogens is 1370 g/mol. The van der Waals surface area contributed by atoms with E-state index in [0.29, 0.717) is 22.3 Å². The second-order valence-electron chi connectivity index (χ2n) is 24.6. The molecule has 0 fully saturated rings. The molecule has 6 amide bonds. The topological polar surface area (TPSA) is 337 Å². The van der Waals surface area contributed by atoms with Crippen LogP contribution in [0.3, 0.4) is 0 Å². The van der Waals surface area contributed by atoms with Gasteiger partial charge in [0.15, 0.2) is 23.0 Å². The molecule has 0 bridgehead atoms. The second-order valence-corrected chi connectivity index (χ2v) is 24.6. The smallest absolute Gasteiger partial charge is 0.407 e. The zero-order valence-electron chi connectivity index (χ0n) is 60.1. The molecule has 0 saturated carbocycles. The number of hydrogen-bond acceptors (Lipinski definition) is 20. The number of aromatic nitrogens is 4. The number of rotatable bonds is 40. The van der Waals surface area contributed by atoms with Gasteiger partial charge in [-0.1, -0.05) is 121 Å². The van der Waals surface area contributed by atoms with E-state index in [2.05, 4.69) is 21.3 Å². The highest BCUT2D eigenvalue weighted by molar-refractivity contribution is 5.97. The lowest BCUT2D eigenvalue weighted by Crippen LogP contribution is -2.52. The quantitative estimate of drug-likeness (QED) is 0.0370. The number of amides is 6. The first kappa shape index (κ1) is 79.4. The first-order valence-corrected chi connectivity index (χ1v) is 34.1. The van der Waals surface area contributed by atoms with Gasteiger partial charge in [0.2, 0.25) is 5.91 Å². The summed E-state index contributed by atoms with van der Waals surface area (Å²) in [5.74, 6) is -4.39. The molecular formula is C76H88N10O20. The fraction of sp³-hybridized carbons (Fsp3) is 0.342. The van der Waals surface area contributed by atoms with Crippen LogP contribution in [-0.4, -0.2) is 163 Å². The van der Waals surface area contributed by atoms with Crippen molar-refractivity contribution in [3.63, 3.8) is 0 Å². The molecule has 562 valence electrons. The Balaban J connectivity index is 1.13. The van der Waals surface area contributed by atoms with E-state index in [0.717, 1.165) is 18.9 Å². The fourth-order valence-electron chi connectivity index (χ4n) is 10.7. The third-order valence-corrected chi connectivity index (χ3v) is 16.0. The molecule has 8 aromatic rings. The van der Waals surface area contributed by atoms with Crippen molar-refractivity contribution < 1.29 is 76.5 Å². The standard InChI is InChI=1S/C76H88N10O20/c1-76(2,3)106-75(96)80-43-48-101-47-42-79-66(87)57(82(70(91)61-35-39-65(100-7)74(95)86(61)105-52-56-29-18-11-19-30-56)46-22-41-78-68(89)59-33-37-63(98-5)72(93)84(59)103-50-54-25-14-9-15-26-54)31-20-44-81(69(90)60-34-38-64(99-6)73(94)85(60)104-51-55-27-16-10-17-28-55)45-21-40-77-67(88)58-32-36-62(97-4)71(92)83(58)102-49-53-23-12-8-13-24-53/h8-19,23-30,32-39,57H,20-22,31,40-52H2,1-7H3,(H,77,88)(H,78,89)(H,79,87)(H,80,96). The lowest BCUT2D eigenvalue weighted by atomic mass is 10.1. The first-order chi connectivity index (χ1) is 51.2. The third kappa shape index (κ3) is 22.6. The molecule has 30 heteroatoms. The Labute approximate surface area is 611 Å². The Morgan fingerprint density at radius 1 is 0.396 bits per heavy atom. The van der Waals surface area contributed by atoms with Gasteiger partial charge in [0.1, 0.15) is 60.8 Å². The summed E-state index contributed by atoms with van der Waals surface area (Å²) >= 11 is 0. The summed E-state index contributed by atoms with van der Waals surface area (Å²) in [6, 6.07) is 44.7. The van der Waals surface area contributed by atoms with Crippen LogP contribution in [0.4, 0.5) is 4.79 Å². The van der Waals surface area contributed by atoms with Crippen LogP contribution >= 0.6 is 0 Å². The van der Waals surface area contributed by atoms with Gasteiger partial charge in [-0.15, -0.1) is 18.9 Å². The highest BCUT2D eigenvalue weighted by atomic mass is 16.7. The molecule has 4 heterocycles. The third-order valence-electron chi connectivity index (χ3n) is 16.0. The fourth-order valence-corrected chi connectivity index (χ4v) is 10.7. The molecule has 4 aromatic heterocycles. The van der Waals surface area contributed by atoms with Crippen LogP contribution in [0, 0.1) is 0 Å². The molecule has 1 unspecified atom stereocenters. The molecule has 0 spiro atoms. The predicted octanol–water partition coefficient (Wildman–Crippen LogP) is 4.91. The molecule has 0 aliphatic carbocycles. The number of carbonyl (C=O) groups is 6. The minimum atomic E-state index is -1.48. The lowest BCUT2D eigenvalue weighted by molar-refractivity contribution is -0.126. The summed E-state index contributed by atoms with van der Waals surface area (Å²) in [5, 5.41) is 11.1. The molecule has 0 saturated heterocycles. The minimum Gasteiger partial charge on any atom is -0.491 e. The van der Waals surface area contributed by atoms with Crippen molar-refractivity contribution in [2.75, 3.05) is 87.5 Å². The molecule has 0 aliphatic rings. The van der Waals surface area contributed by atoms with Crippen molar-refractivity contribution in [2.45, 2.75) is 84.5 Å². The van der Waals surface area contributed by atoms with Gasteiger partial charge in [0.05, 0.1) is 41.7 Å². The summed E-state index contributed by atoms with van der Waals surface area (Å²) in [7, 11) is 5.15. The van der Waals surface area contributed by atoms with Crippen molar-refractivity contribution in [3.05, 3.63) is 256 Å². The van der Waals surface area contributed by atoms with Gasteiger partial charge in [-0.3, -0.25) is 43.2 Å². The summed E-state index contributed by atoms with van der Waals surface area (Å²) in [4.78, 5) is 169. The van der Waals surface area contributed by atoms with E-state index >= 15 is 14.4 Å². The molecule has 0 radical (unpaired) electrons. The molecule has 8 rings (SSSR count). The van der Waals surface area contributed by atoms with Gasteiger partial charge in [0.25, 0.3) is 23.6 Å². The molecule has 4 N–H and O–H groups in total. The van der Waals surface area contributed by atoms with Crippen LogP contribution in [0.15, 0.2) is 189 Å². The Morgan fingerprint density at radius 3 is 1.11 bits per heavy atom. The Hall–Kier alpha value is -12.3. The van der Waals surface area contributed by atoms with E-state index in [4.69, 9.17) is 47.8 Å². The largest absolute Gasteiger partial charge is 0.491 e. The summed E-state index contributed by atoms with van der Waals surface area (Å²) in [6.45, 7) is 3.52. The van der Waals surface area contributed by atoms with E-state index < -0.39 is 69.5 Å². The zero-order valence-corrected chi connectivity index (χ0v) is 60.1. The number of hydrogen-bond donors (Lipinski definition) is 4. The van der Waals surface area contributed by atoms with Crippen molar-refractivity contribution >= 4 is 35.6 Å². The summed E-state index contributed by atoms with van der Waals surface area (Å²) < 4.78 is 35.7. The highest BCUT2D eigenvalue weighted by Crippen LogP contribution is 2.20. The van der Waals surface area contributed by atoms with Gasteiger partial charge in [-0.2, -0.15) is 0 Å². The zero-order chi connectivity index (χ0) is 76.0. The van der Waals surface area contributed by atoms with Crippen LogP contribution in [0.25, 0.3) is 0 Å². The lowest BCUT2D eigenvalue weighted by Gasteiger charge is -2.32. The summed E-state index contributed by atoms with van der Waals surface area (Å²) in [5.41, 5.74) is -2.18. The molecule has 106 heavy (non-hydrogen) atoms. The maximum absolute atomic E-state index is 15.8. The molecule has 30 nitrogen and oxygen atoms in total. The van der Waals surface area contributed by atoms with E-state index in [1.165, 1.54) is 86.8 Å². The molecule has 4 aromatic carbocycles. The Morgan fingerprint density at radius 2 is 0.736 bits per heavy atom. The van der Waals surface area contributed by atoms with Crippen molar-refractivity contribution in [1.82, 2.24) is 50.0 Å². The van der Waals surface area contributed by atoms with Crippen LogP contribution < -0.4 is 81.8 Å². The minimum absolute atomic E-state index is 0.0112. The van der Waals surface area contributed by atoms with Crippen LogP contribution in [0.5, 0.6) is 23.0 Å². The Kier molecular flexibility index (Phi) is 29.9.